The maximum absolute atomic E-state index is 6.16. The van der Waals surface area contributed by atoms with Crippen molar-refractivity contribution in [2.24, 2.45) is 5.73 Å². The Morgan fingerprint density at radius 3 is 2.40 bits per heavy atom. The molecule has 0 atom stereocenters. The van der Waals surface area contributed by atoms with Crippen LogP contribution in [0.4, 0.5) is 0 Å². The summed E-state index contributed by atoms with van der Waals surface area (Å²) in [5.74, 6) is 0. The lowest BCUT2D eigenvalue weighted by molar-refractivity contribution is 1.48. The maximum Gasteiger partial charge on any atom is 0.304 e. The Balaban J connectivity index is -0.0000000480. The van der Waals surface area contributed by atoms with E-state index in [4.69, 9.17) is 1.37 Å². The van der Waals surface area contributed by atoms with Crippen molar-refractivity contribution in [3.05, 3.63) is 12.3 Å². The summed E-state index contributed by atoms with van der Waals surface area (Å²) in [6, 6.07) is 0. The predicted octanol–water partition coefficient (Wildman–Crippen LogP) is 0.602. The van der Waals surface area contributed by atoms with E-state index in [1.807, 2.05) is 0 Å². The van der Waals surface area contributed by atoms with Gasteiger partial charge in [-0.2, -0.15) is 0 Å². The van der Waals surface area contributed by atoms with Crippen molar-refractivity contribution in [1.82, 2.24) is 0 Å². The van der Waals surface area contributed by atoms with E-state index in [1.165, 1.54) is 7.05 Å². The van der Waals surface area contributed by atoms with Gasteiger partial charge in [0.15, 0.2) is 0 Å². The van der Waals surface area contributed by atoms with Gasteiger partial charge >= 0.3 is 1.37 Å². The van der Waals surface area contributed by atoms with Crippen LogP contribution in [0.25, 0.3) is 5.32 Å². The van der Waals surface area contributed by atoms with Crippen molar-refractivity contribution in [2.45, 2.75) is 0 Å². The molecule has 0 amide bonds. The summed E-state index contributed by atoms with van der Waals surface area (Å²) in [6.07, 6.45) is 0. The van der Waals surface area contributed by atoms with Crippen molar-refractivity contribution in [3.8, 4) is 0 Å². The first-order valence-electron chi connectivity index (χ1n) is 1.86. The van der Waals surface area contributed by atoms with Gasteiger partial charge in [0.05, 0.1) is 0 Å². The van der Waals surface area contributed by atoms with Gasteiger partial charge in [-0.1, -0.05) is 0 Å². The van der Waals surface area contributed by atoms with Gasteiger partial charge in [-0.05, 0) is 14.1 Å². The zero-order valence-corrected chi connectivity index (χ0v) is 3.60. The number of rotatable bonds is 1. The summed E-state index contributed by atoms with van der Waals surface area (Å²) in [6.45, 7) is 0. The zero-order valence-electron chi connectivity index (χ0n) is 4.60. The van der Waals surface area contributed by atoms with Crippen molar-refractivity contribution >= 4 is 0 Å². The highest BCUT2D eigenvalue weighted by atomic mass is 14.7. The summed E-state index contributed by atoms with van der Waals surface area (Å²) in [5, 5.41) is 3.28. The van der Waals surface area contributed by atoms with E-state index in [-0.39, 0.29) is 1.43 Å². The second-order valence-corrected chi connectivity index (χ2v) is 0.258. The van der Waals surface area contributed by atoms with Gasteiger partial charge in [0.1, 0.15) is 0 Å². The van der Waals surface area contributed by atoms with E-state index in [1.54, 1.807) is 7.05 Å². The monoisotopic (exact) mass is 78.1 g/mol. The molecule has 0 aliphatic rings. The average molecular weight is 78.2 g/mol. The van der Waals surface area contributed by atoms with E-state index in [2.05, 4.69) is 11.1 Å². The van der Waals surface area contributed by atoms with Crippen LogP contribution in [0, 0.1) is 7.02 Å². The Hall–Kier alpha value is -0.210. The molecule has 0 fully saturated rings. The summed E-state index contributed by atoms with van der Waals surface area (Å²) < 4.78 is 6.16. The topological polar surface area (TPSA) is 40.1 Å². The number of hydrogen-bond acceptors (Lipinski definition) is 1. The fourth-order valence-electron chi connectivity index (χ4n) is 0. The summed E-state index contributed by atoms with van der Waals surface area (Å²) in [7, 11) is 4.06. The number of hydrogen-bond donors (Lipinski definition) is 1. The van der Waals surface area contributed by atoms with Crippen LogP contribution in [-0.2, 0) is 0 Å². The molecule has 0 spiro atoms. The molecule has 0 saturated carbocycles. The van der Waals surface area contributed by atoms with Gasteiger partial charge in [0.2, 0.25) is 0 Å². The van der Waals surface area contributed by atoms with Crippen LogP contribution in [0.2, 0.25) is 0 Å². The predicted molar refractivity (Wildman–Crippen MR) is 26.9 cm³/mol. The quantitative estimate of drug-likeness (QED) is 0.458. The lowest BCUT2D eigenvalue weighted by Crippen LogP contribution is -1.69. The van der Waals surface area contributed by atoms with Crippen molar-refractivity contribution < 1.29 is 2.80 Å². The molecule has 0 aromatic rings. The highest BCUT2D eigenvalue weighted by molar-refractivity contribution is 4.62. The molecule has 2 N–H and O–H groups in total. The third-order valence-electron chi connectivity index (χ3n) is 0. The lowest BCUT2D eigenvalue weighted by atomic mass is 11.3. The Kier molecular flexibility index (Phi) is 45.3. The van der Waals surface area contributed by atoms with Gasteiger partial charge < -0.3 is 11.1 Å². The Morgan fingerprint density at radius 1 is 2.20 bits per heavy atom. The van der Waals surface area contributed by atoms with Crippen LogP contribution in [0.15, 0.2) is 0 Å². The van der Waals surface area contributed by atoms with Crippen LogP contribution in [0.1, 0.15) is 2.80 Å². The molecule has 0 rings (SSSR count). The Labute approximate surface area is 36.3 Å². The van der Waals surface area contributed by atoms with Crippen LogP contribution in [-0.4, -0.2) is 14.1 Å². The molecule has 34 valence electrons. The molecule has 0 aromatic carbocycles. The lowest BCUT2D eigenvalue weighted by Gasteiger charge is -1.70. The molecular formula is C3H12N2. The number of nitrogens with zero attached hydrogens (tertiary/aromatic N) is 1. The van der Waals surface area contributed by atoms with E-state index in [9.17, 15) is 0 Å². The van der Waals surface area contributed by atoms with Crippen molar-refractivity contribution in [1.29, 1.82) is 0 Å². The fraction of sp³-hybridized carbons (Fsp3) is 0.667. The van der Waals surface area contributed by atoms with E-state index in [0.29, 0.717) is 0 Å². The minimum atomic E-state index is 0. The normalized spacial score (nSPS) is 6.60. The fourth-order valence-corrected chi connectivity index (χ4v) is 0. The van der Waals surface area contributed by atoms with Gasteiger partial charge in [-0.3, -0.25) is 0 Å². The van der Waals surface area contributed by atoms with Crippen LogP contribution < -0.4 is 5.73 Å². The molecule has 2 nitrogen and oxygen atoms in total. The van der Waals surface area contributed by atoms with Gasteiger partial charge in [-0.15, -0.1) is 7.05 Å². The first-order chi connectivity index (χ1) is 2.91. The van der Waals surface area contributed by atoms with Gasteiger partial charge in [0.25, 0.3) is 0 Å². The van der Waals surface area contributed by atoms with Gasteiger partial charge in [0, 0.05) is 1.43 Å². The number of nitrogens with two attached hydrogens (primary N) is 1. The second kappa shape index (κ2) is 47.3. The molecule has 0 saturated heterocycles. The van der Waals surface area contributed by atoms with E-state index in [0.717, 1.165) is 7.02 Å². The molecule has 0 aliphatic carbocycles. The smallest absolute Gasteiger partial charge is 0.304 e. The Morgan fingerprint density at radius 2 is 2.40 bits per heavy atom. The van der Waals surface area contributed by atoms with E-state index >= 15 is 0 Å². The first kappa shape index (κ1) is 4.79. The molecule has 0 radical (unpaired) electrons. The molecule has 0 bridgehead atoms. The molecular weight excluding hydrogens is 64.0 g/mol. The van der Waals surface area contributed by atoms with Gasteiger partial charge in [-0.25, -0.2) is 0 Å². The summed E-state index contributed by atoms with van der Waals surface area (Å²) >= 11 is 0. The first-order valence-corrected chi connectivity index (χ1v) is 1.28. The SMILES string of the molecule is CN.[2HH].[2H][CH+][N-]C. The highest BCUT2D eigenvalue weighted by Crippen LogP contribution is 1.54. The summed E-state index contributed by atoms with van der Waals surface area (Å²) in [5.41, 5.74) is 4.50. The minimum Gasteiger partial charge on any atom is -0.461 e. The standard InChI is InChI=1S/C2H5N.CH5N.H2/c1-3-2;1-2;/h1H2,2H3;2H2,1H3;1H/i1D;;1+1. The molecule has 2 heteroatoms. The Bertz CT molecular complexity index is 12.9. The largest absolute Gasteiger partial charge is 0.461 e. The third kappa shape index (κ3) is 275. The molecule has 0 aliphatic heterocycles. The zero-order chi connectivity index (χ0) is 5.41. The van der Waals surface area contributed by atoms with Crippen molar-refractivity contribution in [2.75, 3.05) is 14.1 Å². The summed E-state index contributed by atoms with van der Waals surface area (Å²) in [4.78, 5) is 0. The molecule has 0 unspecified atom stereocenters. The minimum absolute atomic E-state index is 0. The maximum atomic E-state index is 6.16. The van der Waals surface area contributed by atoms with Crippen molar-refractivity contribution in [3.63, 3.8) is 0 Å². The second-order valence-electron chi connectivity index (χ2n) is 0.258. The average Bonchev–Trinajstić information content (AvgIpc) is 1.72. The third-order valence-corrected chi connectivity index (χ3v) is 0. The van der Waals surface area contributed by atoms with Crippen LogP contribution in [0.3, 0.4) is 0 Å². The molecule has 0 aromatic heterocycles. The van der Waals surface area contributed by atoms with Crippen LogP contribution in [0.5, 0.6) is 0 Å². The van der Waals surface area contributed by atoms with Crippen LogP contribution >= 0.6 is 0 Å². The highest BCUT2D eigenvalue weighted by Gasteiger charge is 1.16. The molecule has 5 heavy (non-hydrogen) atoms. The van der Waals surface area contributed by atoms with E-state index < -0.39 is 0 Å². The molecule has 0 heterocycles.